The molecule has 22 heavy (non-hydrogen) atoms. The molecule has 1 spiro atoms. The third-order valence-electron chi connectivity index (χ3n) is 4.47. The van der Waals surface area contributed by atoms with Gasteiger partial charge in [0, 0.05) is 37.1 Å². The first kappa shape index (κ1) is 14.2. The summed E-state index contributed by atoms with van der Waals surface area (Å²) in [7, 11) is 0. The average molecular weight is 316 g/mol. The summed E-state index contributed by atoms with van der Waals surface area (Å²) in [5.41, 5.74) is -0.00979. The molecule has 2 aromatic heterocycles. The normalized spacial score (nSPS) is 28.5. The number of ether oxygens (including phenoxy) is 2. The van der Waals surface area contributed by atoms with Gasteiger partial charge in [-0.1, -0.05) is 6.07 Å². The van der Waals surface area contributed by atoms with Crippen LogP contribution in [0.4, 0.5) is 0 Å². The number of likely N-dealkylation sites (tertiary alicyclic amines) is 1. The Hall–Kier alpha value is -1.43. The number of hydrogen-bond donors (Lipinski definition) is 0. The fourth-order valence-corrected chi connectivity index (χ4v) is 4.20. The van der Waals surface area contributed by atoms with Gasteiger partial charge >= 0.3 is 0 Å². The fraction of sp³-hybridized carbons (Fsp3) is 0.471. The van der Waals surface area contributed by atoms with Crippen molar-refractivity contribution in [3.8, 4) is 5.75 Å². The highest BCUT2D eigenvalue weighted by Gasteiger charge is 2.46. The summed E-state index contributed by atoms with van der Waals surface area (Å²) in [4.78, 5) is 8.02. The van der Waals surface area contributed by atoms with E-state index in [2.05, 4.69) is 27.4 Å². The number of rotatable bonds is 4. The predicted octanol–water partition coefficient (Wildman–Crippen LogP) is 2.96. The number of aromatic nitrogens is 1. The lowest BCUT2D eigenvalue weighted by atomic mass is 9.98. The molecule has 4 rings (SSSR count). The first-order valence-electron chi connectivity index (χ1n) is 7.77. The Morgan fingerprint density at radius 1 is 1.41 bits per heavy atom. The third kappa shape index (κ3) is 3.02. The van der Waals surface area contributed by atoms with Gasteiger partial charge in [-0.2, -0.15) is 0 Å². The summed E-state index contributed by atoms with van der Waals surface area (Å²) in [5.74, 6) is 0.835. The van der Waals surface area contributed by atoms with Crippen LogP contribution in [0.3, 0.4) is 0 Å². The van der Waals surface area contributed by atoms with E-state index < -0.39 is 0 Å². The Kier molecular flexibility index (Phi) is 3.86. The molecule has 0 N–H and O–H groups in total. The number of nitrogens with zero attached hydrogens (tertiary/aromatic N) is 2. The second-order valence-corrected chi connectivity index (χ2v) is 7.20. The molecule has 116 valence electrons. The molecule has 0 amide bonds. The quantitative estimate of drug-likeness (QED) is 0.868. The summed E-state index contributed by atoms with van der Waals surface area (Å²) >= 11 is 1.83. The minimum atomic E-state index is -0.00979. The van der Waals surface area contributed by atoms with Crippen LogP contribution < -0.4 is 4.74 Å². The lowest BCUT2D eigenvalue weighted by Crippen LogP contribution is -2.33. The second kappa shape index (κ2) is 5.99. The molecule has 2 aliphatic rings. The topological polar surface area (TPSA) is 34.6 Å². The maximum Gasteiger partial charge on any atom is 0.138 e. The molecular weight excluding hydrogens is 296 g/mol. The van der Waals surface area contributed by atoms with Crippen molar-refractivity contribution in [1.82, 2.24) is 9.88 Å². The smallest absolute Gasteiger partial charge is 0.138 e. The van der Waals surface area contributed by atoms with Crippen molar-refractivity contribution < 1.29 is 9.47 Å². The van der Waals surface area contributed by atoms with Crippen molar-refractivity contribution in [3.05, 3.63) is 46.9 Å². The highest BCUT2D eigenvalue weighted by Crippen LogP contribution is 2.37. The number of pyridine rings is 1. The lowest BCUT2D eigenvalue weighted by Gasteiger charge is -2.23. The van der Waals surface area contributed by atoms with Gasteiger partial charge in [0.05, 0.1) is 18.4 Å². The minimum Gasteiger partial charge on any atom is -0.486 e. The van der Waals surface area contributed by atoms with Gasteiger partial charge < -0.3 is 9.47 Å². The molecule has 0 radical (unpaired) electrons. The van der Waals surface area contributed by atoms with Crippen molar-refractivity contribution in [2.75, 3.05) is 19.7 Å². The van der Waals surface area contributed by atoms with Crippen LogP contribution in [0.5, 0.6) is 5.75 Å². The summed E-state index contributed by atoms with van der Waals surface area (Å²) in [5, 5.41) is 2.14. The fourth-order valence-electron chi connectivity index (χ4n) is 3.46. The Morgan fingerprint density at radius 2 is 2.41 bits per heavy atom. The van der Waals surface area contributed by atoms with E-state index in [1.165, 1.54) is 4.88 Å². The van der Waals surface area contributed by atoms with Crippen molar-refractivity contribution >= 4 is 11.3 Å². The molecule has 0 aliphatic carbocycles. The van der Waals surface area contributed by atoms with Crippen LogP contribution in [0.2, 0.25) is 0 Å². The van der Waals surface area contributed by atoms with E-state index in [9.17, 15) is 0 Å². The number of hydrogen-bond acceptors (Lipinski definition) is 5. The van der Waals surface area contributed by atoms with Gasteiger partial charge in [-0.15, -0.1) is 11.3 Å². The molecule has 0 unspecified atom stereocenters. The van der Waals surface area contributed by atoms with Gasteiger partial charge in [-0.05, 0) is 30.0 Å². The molecule has 2 aromatic rings. The van der Waals surface area contributed by atoms with Crippen molar-refractivity contribution in [2.24, 2.45) is 0 Å². The molecule has 2 fully saturated rings. The van der Waals surface area contributed by atoms with Crippen LogP contribution in [-0.4, -0.2) is 41.3 Å². The molecule has 4 heterocycles. The van der Waals surface area contributed by atoms with E-state index in [0.717, 1.165) is 38.2 Å². The van der Waals surface area contributed by atoms with Crippen LogP contribution in [0.1, 0.15) is 17.7 Å². The zero-order chi connectivity index (χ0) is 14.8. The zero-order valence-electron chi connectivity index (χ0n) is 12.5. The van der Waals surface area contributed by atoms with Crippen molar-refractivity contribution in [1.29, 1.82) is 0 Å². The van der Waals surface area contributed by atoms with Crippen molar-refractivity contribution in [3.63, 3.8) is 0 Å². The standard InChI is InChI=1S/C17H20N2O2S/c1-3-14(10-18-6-1)21-15-9-17(20-12-15)5-7-19(13-17)11-16-4-2-8-22-16/h1-4,6,8,10,15H,5,7,9,11-13H2/t15-,17+/m1/s1. The Labute approximate surface area is 134 Å². The SMILES string of the molecule is c1cncc(O[C@H]2CO[C@@]3(CCN(Cc4cccs4)C3)C2)c1. The zero-order valence-corrected chi connectivity index (χ0v) is 13.3. The molecule has 0 bridgehead atoms. The molecule has 0 aromatic carbocycles. The van der Waals surface area contributed by atoms with Crippen molar-refractivity contribution in [2.45, 2.75) is 31.1 Å². The van der Waals surface area contributed by atoms with Gasteiger partial charge in [-0.25, -0.2) is 0 Å². The first-order chi connectivity index (χ1) is 10.8. The molecule has 0 saturated carbocycles. The highest BCUT2D eigenvalue weighted by molar-refractivity contribution is 7.09. The Morgan fingerprint density at radius 3 is 3.23 bits per heavy atom. The third-order valence-corrected chi connectivity index (χ3v) is 5.33. The van der Waals surface area contributed by atoms with Crippen LogP contribution in [0.15, 0.2) is 42.0 Å². The monoisotopic (exact) mass is 316 g/mol. The molecule has 4 nitrogen and oxygen atoms in total. The predicted molar refractivity (Wildman–Crippen MR) is 86.2 cm³/mol. The number of thiophene rings is 1. The van der Waals surface area contributed by atoms with Gasteiger partial charge in [0.15, 0.2) is 0 Å². The molecule has 2 aliphatic heterocycles. The summed E-state index contributed by atoms with van der Waals surface area (Å²) in [6.45, 7) is 3.84. The minimum absolute atomic E-state index is 0.00979. The first-order valence-corrected chi connectivity index (χ1v) is 8.65. The van der Waals surface area contributed by atoms with Gasteiger partial charge in [-0.3, -0.25) is 9.88 Å². The van der Waals surface area contributed by atoms with Crippen LogP contribution >= 0.6 is 11.3 Å². The van der Waals surface area contributed by atoms with E-state index in [4.69, 9.17) is 9.47 Å². The van der Waals surface area contributed by atoms with E-state index in [0.29, 0.717) is 6.61 Å². The summed E-state index contributed by atoms with van der Waals surface area (Å²) in [6, 6.07) is 8.18. The highest BCUT2D eigenvalue weighted by atomic mass is 32.1. The van der Waals surface area contributed by atoms with Crippen LogP contribution in [-0.2, 0) is 11.3 Å². The molecule has 2 atom stereocenters. The van der Waals surface area contributed by atoms with E-state index in [1.807, 2.05) is 23.5 Å². The van der Waals surface area contributed by atoms with Gasteiger partial charge in [0.1, 0.15) is 11.9 Å². The molecular formula is C17H20N2O2S. The van der Waals surface area contributed by atoms with E-state index in [1.54, 1.807) is 12.4 Å². The van der Waals surface area contributed by atoms with E-state index in [-0.39, 0.29) is 11.7 Å². The van der Waals surface area contributed by atoms with Crippen LogP contribution in [0.25, 0.3) is 0 Å². The molecule has 5 heteroatoms. The van der Waals surface area contributed by atoms with E-state index >= 15 is 0 Å². The molecule has 2 saturated heterocycles. The summed E-state index contributed by atoms with van der Waals surface area (Å²) in [6.07, 6.45) is 5.75. The largest absolute Gasteiger partial charge is 0.486 e. The Balaban J connectivity index is 1.34. The Bertz CT molecular complexity index is 604. The maximum absolute atomic E-state index is 6.15. The summed E-state index contributed by atoms with van der Waals surface area (Å²) < 4.78 is 12.2. The second-order valence-electron chi connectivity index (χ2n) is 6.17. The lowest BCUT2D eigenvalue weighted by molar-refractivity contribution is 0.00940. The van der Waals surface area contributed by atoms with Crippen LogP contribution in [0, 0.1) is 0 Å². The average Bonchev–Trinajstić information content (AvgIpc) is 3.25. The van der Waals surface area contributed by atoms with Gasteiger partial charge in [0.25, 0.3) is 0 Å². The van der Waals surface area contributed by atoms with Gasteiger partial charge in [0.2, 0.25) is 0 Å². The maximum atomic E-state index is 6.15.